The number of ketones is 1. The van der Waals surface area contributed by atoms with Gasteiger partial charge in [0.25, 0.3) is 0 Å². The number of carbonyl (C=O) groups excluding carboxylic acids is 1. The lowest BCUT2D eigenvalue weighted by Crippen LogP contribution is -2.34. The average molecular weight is 276 g/mol. The third kappa shape index (κ3) is 3.97. The second-order valence-corrected chi connectivity index (χ2v) is 5.36. The molecule has 20 heavy (non-hydrogen) atoms. The van der Waals surface area contributed by atoms with Gasteiger partial charge < -0.3 is 10.5 Å². The van der Waals surface area contributed by atoms with Crippen LogP contribution in [0.1, 0.15) is 43.0 Å². The first-order valence-corrected chi connectivity index (χ1v) is 7.48. The van der Waals surface area contributed by atoms with Crippen molar-refractivity contribution in [3.05, 3.63) is 23.8 Å². The number of anilines is 1. The number of likely N-dealkylation sites (tertiary alicyclic amines) is 1. The highest BCUT2D eigenvalue weighted by molar-refractivity contribution is 5.98. The summed E-state index contributed by atoms with van der Waals surface area (Å²) in [6.45, 7) is 5.24. The van der Waals surface area contributed by atoms with Gasteiger partial charge in [0.2, 0.25) is 0 Å². The second kappa shape index (κ2) is 7.29. The molecule has 0 aliphatic carbocycles. The van der Waals surface area contributed by atoms with Crippen LogP contribution in [0.2, 0.25) is 0 Å². The van der Waals surface area contributed by atoms with E-state index in [1.807, 2.05) is 13.0 Å². The molecule has 4 heteroatoms. The Balaban J connectivity index is 1.97. The van der Waals surface area contributed by atoms with Crippen LogP contribution in [0.5, 0.6) is 5.75 Å². The predicted octanol–water partition coefficient (Wildman–Crippen LogP) is 2.73. The normalized spacial score (nSPS) is 16.1. The number of nitrogens with zero attached hydrogens (tertiary/aromatic N) is 1. The summed E-state index contributed by atoms with van der Waals surface area (Å²) >= 11 is 0. The van der Waals surface area contributed by atoms with Crippen LogP contribution < -0.4 is 10.5 Å². The summed E-state index contributed by atoms with van der Waals surface area (Å²) in [7, 11) is 0. The summed E-state index contributed by atoms with van der Waals surface area (Å²) in [5, 5.41) is 0. The number of carbonyl (C=O) groups is 1. The monoisotopic (exact) mass is 276 g/mol. The first-order chi connectivity index (χ1) is 9.70. The number of hydrogen-bond acceptors (Lipinski definition) is 4. The summed E-state index contributed by atoms with van der Waals surface area (Å²) in [5.41, 5.74) is 7.16. The van der Waals surface area contributed by atoms with Crippen molar-refractivity contribution >= 4 is 11.5 Å². The van der Waals surface area contributed by atoms with E-state index >= 15 is 0 Å². The van der Waals surface area contributed by atoms with Gasteiger partial charge in [0.05, 0.1) is 18.8 Å². The summed E-state index contributed by atoms with van der Waals surface area (Å²) in [6, 6.07) is 5.35. The Morgan fingerprint density at radius 3 is 2.70 bits per heavy atom. The maximum Gasteiger partial charge on any atom is 0.176 e. The Bertz CT molecular complexity index is 454. The van der Waals surface area contributed by atoms with Gasteiger partial charge >= 0.3 is 0 Å². The van der Waals surface area contributed by atoms with Crippen molar-refractivity contribution in [3.8, 4) is 5.75 Å². The fourth-order valence-corrected chi connectivity index (χ4v) is 2.48. The molecule has 1 aliphatic heterocycles. The molecule has 1 heterocycles. The SMILES string of the molecule is CCCOc1ccc(C(=O)CN2CCCCC2)cc1N. The molecule has 0 atom stereocenters. The van der Waals surface area contributed by atoms with E-state index in [9.17, 15) is 4.79 Å². The number of Topliss-reactive ketones (excluding diaryl/α,β-unsaturated/α-hetero) is 1. The topological polar surface area (TPSA) is 55.6 Å². The molecule has 0 spiro atoms. The number of benzene rings is 1. The molecule has 0 aromatic heterocycles. The third-order valence-corrected chi connectivity index (χ3v) is 3.61. The number of nitrogen functional groups attached to an aromatic ring is 1. The first kappa shape index (κ1) is 14.9. The van der Waals surface area contributed by atoms with Crippen LogP contribution in [0.3, 0.4) is 0 Å². The van der Waals surface area contributed by atoms with Crippen LogP contribution in [0.25, 0.3) is 0 Å². The molecule has 1 saturated heterocycles. The standard InChI is InChI=1S/C16H24N2O2/c1-2-10-20-16-7-6-13(11-14(16)17)15(19)12-18-8-4-3-5-9-18/h6-7,11H,2-5,8-10,12,17H2,1H3. The molecule has 1 aromatic carbocycles. The predicted molar refractivity (Wildman–Crippen MR) is 81.3 cm³/mol. The molecule has 110 valence electrons. The average Bonchev–Trinajstić information content (AvgIpc) is 2.47. The summed E-state index contributed by atoms with van der Waals surface area (Å²) in [6.07, 6.45) is 4.61. The fraction of sp³-hybridized carbons (Fsp3) is 0.562. The Labute approximate surface area is 120 Å². The maximum atomic E-state index is 12.3. The first-order valence-electron chi connectivity index (χ1n) is 7.48. The summed E-state index contributed by atoms with van der Waals surface area (Å²) in [4.78, 5) is 14.5. The largest absolute Gasteiger partial charge is 0.491 e. The van der Waals surface area contributed by atoms with Crippen LogP contribution in [-0.4, -0.2) is 36.9 Å². The van der Waals surface area contributed by atoms with Crippen LogP contribution in [0, 0.1) is 0 Å². The highest BCUT2D eigenvalue weighted by Gasteiger charge is 2.16. The van der Waals surface area contributed by atoms with E-state index in [0.717, 1.165) is 19.5 Å². The highest BCUT2D eigenvalue weighted by Crippen LogP contribution is 2.23. The molecule has 1 aliphatic rings. The quantitative estimate of drug-likeness (QED) is 0.641. The van der Waals surface area contributed by atoms with Crippen LogP contribution >= 0.6 is 0 Å². The van der Waals surface area contributed by atoms with Gasteiger partial charge in [0, 0.05) is 5.56 Å². The number of ether oxygens (including phenoxy) is 1. The highest BCUT2D eigenvalue weighted by atomic mass is 16.5. The van der Waals surface area contributed by atoms with Gasteiger partial charge in [-0.05, 0) is 50.6 Å². The zero-order valence-electron chi connectivity index (χ0n) is 12.2. The van der Waals surface area contributed by atoms with Gasteiger partial charge in [0.1, 0.15) is 5.75 Å². The van der Waals surface area contributed by atoms with Crippen molar-refractivity contribution in [3.63, 3.8) is 0 Å². The van der Waals surface area contributed by atoms with Crippen molar-refractivity contribution in [1.82, 2.24) is 4.90 Å². The Kier molecular flexibility index (Phi) is 5.41. The minimum atomic E-state index is 0.139. The molecule has 1 fully saturated rings. The van der Waals surface area contributed by atoms with E-state index in [2.05, 4.69) is 4.90 Å². The molecule has 2 rings (SSSR count). The smallest absolute Gasteiger partial charge is 0.176 e. The van der Waals surface area contributed by atoms with E-state index in [-0.39, 0.29) is 5.78 Å². The minimum absolute atomic E-state index is 0.139. The van der Waals surface area contributed by atoms with Gasteiger partial charge in [-0.2, -0.15) is 0 Å². The van der Waals surface area contributed by atoms with Crippen molar-refractivity contribution in [2.45, 2.75) is 32.6 Å². The number of rotatable bonds is 6. The van der Waals surface area contributed by atoms with E-state index in [4.69, 9.17) is 10.5 Å². The lowest BCUT2D eigenvalue weighted by Gasteiger charge is -2.25. The van der Waals surface area contributed by atoms with E-state index in [0.29, 0.717) is 30.2 Å². The van der Waals surface area contributed by atoms with Crippen molar-refractivity contribution in [1.29, 1.82) is 0 Å². The van der Waals surface area contributed by atoms with Gasteiger partial charge in [-0.1, -0.05) is 13.3 Å². The number of nitrogens with two attached hydrogens (primary N) is 1. The van der Waals surface area contributed by atoms with E-state index in [1.165, 1.54) is 19.3 Å². The maximum absolute atomic E-state index is 12.3. The van der Waals surface area contributed by atoms with Crippen molar-refractivity contribution in [2.75, 3.05) is 32.0 Å². The molecule has 0 bridgehead atoms. The van der Waals surface area contributed by atoms with E-state index < -0.39 is 0 Å². The van der Waals surface area contributed by atoms with Crippen LogP contribution in [0.4, 0.5) is 5.69 Å². The van der Waals surface area contributed by atoms with Crippen molar-refractivity contribution < 1.29 is 9.53 Å². The molecule has 0 saturated carbocycles. The molecule has 0 unspecified atom stereocenters. The number of hydrogen-bond donors (Lipinski definition) is 1. The van der Waals surface area contributed by atoms with Crippen molar-refractivity contribution in [2.24, 2.45) is 0 Å². The Morgan fingerprint density at radius 1 is 1.30 bits per heavy atom. The molecule has 4 nitrogen and oxygen atoms in total. The molecule has 0 radical (unpaired) electrons. The Morgan fingerprint density at radius 2 is 2.05 bits per heavy atom. The lowest BCUT2D eigenvalue weighted by atomic mass is 10.1. The zero-order valence-corrected chi connectivity index (χ0v) is 12.2. The molecular formula is C16H24N2O2. The van der Waals surface area contributed by atoms with Gasteiger partial charge in [-0.3, -0.25) is 9.69 Å². The lowest BCUT2D eigenvalue weighted by molar-refractivity contribution is 0.0915. The third-order valence-electron chi connectivity index (χ3n) is 3.61. The summed E-state index contributed by atoms with van der Waals surface area (Å²) in [5.74, 6) is 0.807. The zero-order chi connectivity index (χ0) is 14.4. The molecule has 1 aromatic rings. The Hall–Kier alpha value is -1.55. The second-order valence-electron chi connectivity index (χ2n) is 5.36. The molecular weight excluding hydrogens is 252 g/mol. The molecule has 2 N–H and O–H groups in total. The minimum Gasteiger partial charge on any atom is -0.491 e. The van der Waals surface area contributed by atoms with E-state index in [1.54, 1.807) is 12.1 Å². The number of piperidine rings is 1. The summed E-state index contributed by atoms with van der Waals surface area (Å²) < 4.78 is 5.52. The van der Waals surface area contributed by atoms with Crippen LogP contribution in [-0.2, 0) is 0 Å². The van der Waals surface area contributed by atoms with Gasteiger partial charge in [0.15, 0.2) is 5.78 Å². The van der Waals surface area contributed by atoms with Gasteiger partial charge in [-0.25, -0.2) is 0 Å². The fourth-order valence-electron chi connectivity index (χ4n) is 2.48. The van der Waals surface area contributed by atoms with Crippen LogP contribution in [0.15, 0.2) is 18.2 Å². The molecule has 0 amide bonds. The van der Waals surface area contributed by atoms with Gasteiger partial charge in [-0.15, -0.1) is 0 Å².